The van der Waals surface area contributed by atoms with Gasteiger partial charge in [-0.15, -0.1) is 17.9 Å². The van der Waals surface area contributed by atoms with E-state index in [-0.39, 0.29) is 11.3 Å². The van der Waals surface area contributed by atoms with Crippen LogP contribution in [0.5, 0.6) is 11.5 Å². The van der Waals surface area contributed by atoms with E-state index in [9.17, 15) is 9.90 Å². The van der Waals surface area contributed by atoms with E-state index in [4.69, 9.17) is 4.74 Å². The largest absolute Gasteiger partial charge is 0.504 e. The molecule has 0 fully saturated rings. The van der Waals surface area contributed by atoms with Crippen LogP contribution in [-0.2, 0) is 12.8 Å². The first-order chi connectivity index (χ1) is 10.0. The Morgan fingerprint density at radius 3 is 2.76 bits per heavy atom. The van der Waals surface area contributed by atoms with Gasteiger partial charge in [-0.1, -0.05) is 24.8 Å². The highest BCUT2D eigenvalue weighted by molar-refractivity contribution is 7.07. The van der Waals surface area contributed by atoms with Crippen molar-refractivity contribution in [1.82, 2.24) is 4.98 Å². The molecule has 1 aromatic carbocycles. The molecule has 5 heteroatoms. The molecule has 0 aliphatic carbocycles. The van der Waals surface area contributed by atoms with Crippen molar-refractivity contribution in [2.24, 2.45) is 0 Å². The lowest BCUT2D eigenvalue weighted by atomic mass is 10.0. The van der Waals surface area contributed by atoms with Gasteiger partial charge < -0.3 is 14.8 Å². The van der Waals surface area contributed by atoms with Crippen LogP contribution in [0.1, 0.15) is 11.1 Å². The van der Waals surface area contributed by atoms with Crippen LogP contribution in [0.3, 0.4) is 0 Å². The molecule has 21 heavy (non-hydrogen) atoms. The first-order valence-corrected chi connectivity index (χ1v) is 7.24. The van der Waals surface area contributed by atoms with Crippen LogP contribution in [-0.4, -0.2) is 17.2 Å². The van der Waals surface area contributed by atoms with Gasteiger partial charge in [0.15, 0.2) is 11.5 Å². The molecule has 0 aliphatic rings. The van der Waals surface area contributed by atoms with Gasteiger partial charge in [-0.2, -0.15) is 0 Å². The number of ether oxygens (including phenoxy) is 1. The quantitative estimate of drug-likeness (QED) is 0.819. The van der Waals surface area contributed by atoms with Gasteiger partial charge >= 0.3 is 0 Å². The fourth-order valence-electron chi connectivity index (χ4n) is 2.05. The van der Waals surface area contributed by atoms with E-state index in [1.165, 1.54) is 18.4 Å². The second-order valence-corrected chi connectivity index (χ2v) is 5.69. The molecule has 0 aliphatic heterocycles. The summed E-state index contributed by atoms with van der Waals surface area (Å²) in [7, 11) is 1.51. The molecule has 0 saturated heterocycles. The van der Waals surface area contributed by atoms with Gasteiger partial charge in [0.25, 0.3) is 5.56 Å². The molecule has 0 bridgehead atoms. The molecular formula is C16H17NO3S. The topological polar surface area (TPSA) is 62.3 Å². The fraction of sp³-hybridized carbons (Fsp3) is 0.188. The molecule has 2 rings (SSSR count). The smallest absolute Gasteiger partial charge is 0.266 e. The van der Waals surface area contributed by atoms with Gasteiger partial charge in [0.2, 0.25) is 0 Å². The molecule has 2 aromatic rings. The van der Waals surface area contributed by atoms with Crippen LogP contribution >= 0.6 is 11.3 Å². The van der Waals surface area contributed by atoms with Crippen molar-refractivity contribution >= 4 is 24.0 Å². The van der Waals surface area contributed by atoms with Gasteiger partial charge in [0.1, 0.15) is 0 Å². The Kier molecular flexibility index (Phi) is 4.65. The Morgan fingerprint density at radius 2 is 2.19 bits per heavy atom. The maximum Gasteiger partial charge on any atom is 0.266 e. The van der Waals surface area contributed by atoms with E-state index in [2.05, 4.69) is 18.1 Å². The number of allylic oxidation sites excluding steroid dienone is 1. The zero-order valence-electron chi connectivity index (χ0n) is 11.8. The van der Waals surface area contributed by atoms with Gasteiger partial charge in [0, 0.05) is 5.56 Å². The van der Waals surface area contributed by atoms with Crippen LogP contribution in [0.15, 0.2) is 29.6 Å². The highest BCUT2D eigenvalue weighted by atomic mass is 32.1. The predicted molar refractivity (Wildman–Crippen MR) is 86.4 cm³/mol. The lowest BCUT2D eigenvalue weighted by molar-refractivity contribution is 0.370. The van der Waals surface area contributed by atoms with Crippen molar-refractivity contribution in [1.29, 1.82) is 0 Å². The Bertz CT molecular complexity index is 817. The molecule has 0 saturated carbocycles. The Hall–Kier alpha value is -2.27. The third-order valence-corrected chi connectivity index (χ3v) is 3.95. The molecule has 110 valence electrons. The summed E-state index contributed by atoms with van der Waals surface area (Å²) in [5, 5.41) is 10.0. The normalized spacial score (nSPS) is 11.6. The highest BCUT2D eigenvalue weighted by Crippen LogP contribution is 2.32. The molecule has 0 spiro atoms. The Balaban J connectivity index is 2.40. The van der Waals surface area contributed by atoms with Gasteiger partial charge in [-0.25, -0.2) is 0 Å². The van der Waals surface area contributed by atoms with Crippen LogP contribution < -0.4 is 19.5 Å². The van der Waals surface area contributed by atoms with Crippen LogP contribution in [0.4, 0.5) is 0 Å². The second-order valence-electron chi connectivity index (χ2n) is 4.55. The van der Waals surface area contributed by atoms with Crippen molar-refractivity contribution in [3.8, 4) is 11.5 Å². The number of nitrogens with one attached hydrogen (secondary N) is 1. The van der Waals surface area contributed by atoms with Crippen molar-refractivity contribution in [2.75, 3.05) is 7.11 Å². The number of hydrogen-bond acceptors (Lipinski definition) is 4. The number of aromatic amines is 1. The molecule has 1 aromatic heterocycles. The molecule has 0 radical (unpaired) electrons. The van der Waals surface area contributed by atoms with Crippen molar-refractivity contribution in [3.05, 3.63) is 55.5 Å². The number of aromatic hydroxyl groups is 1. The van der Waals surface area contributed by atoms with E-state index in [1.54, 1.807) is 12.1 Å². The molecule has 1 heterocycles. The molecule has 2 N–H and O–H groups in total. The summed E-state index contributed by atoms with van der Waals surface area (Å²) in [6.07, 6.45) is 4.70. The van der Waals surface area contributed by atoms with E-state index in [0.717, 1.165) is 11.1 Å². The maximum atomic E-state index is 11.6. The second kappa shape index (κ2) is 6.45. The zero-order valence-corrected chi connectivity index (χ0v) is 12.6. The lowest BCUT2D eigenvalue weighted by Gasteiger charge is -2.10. The maximum absolute atomic E-state index is 11.6. The third kappa shape index (κ3) is 3.44. The third-order valence-electron chi connectivity index (χ3n) is 3.03. The highest BCUT2D eigenvalue weighted by Gasteiger charge is 2.09. The number of phenols is 1. The average Bonchev–Trinajstić information content (AvgIpc) is 2.78. The van der Waals surface area contributed by atoms with E-state index in [1.807, 2.05) is 12.1 Å². The standard InChI is InChI=1S/C16H17NO3S/c1-4-5-12-8-11(9-13(20-3)15(12)18)6-7-14-16(19)17-10(2)21-14/h4,7-9,18H,1-2,5-6H2,3H3,(H,17,19)/b14-7-. The van der Waals surface area contributed by atoms with E-state index >= 15 is 0 Å². The number of rotatable bonds is 5. The minimum atomic E-state index is -0.123. The molecular weight excluding hydrogens is 286 g/mol. The predicted octanol–water partition coefficient (Wildman–Crippen LogP) is 1.31. The fourth-order valence-corrected chi connectivity index (χ4v) is 2.77. The summed E-state index contributed by atoms with van der Waals surface area (Å²) in [5.74, 6) is 0.561. The molecule has 0 atom stereocenters. The minimum absolute atomic E-state index is 0.123. The van der Waals surface area contributed by atoms with Crippen molar-refractivity contribution < 1.29 is 9.84 Å². The number of phenolic OH excluding ortho intramolecular Hbond substituents is 1. The summed E-state index contributed by atoms with van der Waals surface area (Å²) in [6.45, 7) is 7.39. The minimum Gasteiger partial charge on any atom is -0.504 e. The van der Waals surface area contributed by atoms with Gasteiger partial charge in [0.05, 0.1) is 16.3 Å². The first kappa shape index (κ1) is 15.1. The number of aromatic nitrogens is 1. The van der Waals surface area contributed by atoms with Gasteiger partial charge in [-0.3, -0.25) is 4.79 Å². The number of thiazole rings is 1. The monoisotopic (exact) mass is 303 g/mol. The lowest BCUT2D eigenvalue weighted by Crippen LogP contribution is -2.19. The first-order valence-electron chi connectivity index (χ1n) is 6.43. The van der Waals surface area contributed by atoms with Crippen LogP contribution in [0.25, 0.3) is 12.7 Å². The van der Waals surface area contributed by atoms with E-state index in [0.29, 0.717) is 27.8 Å². The molecule has 0 amide bonds. The van der Waals surface area contributed by atoms with Crippen molar-refractivity contribution in [2.45, 2.75) is 12.8 Å². The number of methoxy groups -OCH3 is 1. The van der Waals surface area contributed by atoms with Crippen molar-refractivity contribution in [3.63, 3.8) is 0 Å². The summed E-state index contributed by atoms with van der Waals surface area (Å²) in [6, 6.07) is 3.66. The molecule has 0 unspecified atom stereocenters. The average molecular weight is 303 g/mol. The number of hydrogen-bond donors (Lipinski definition) is 2. The summed E-state index contributed by atoms with van der Waals surface area (Å²) in [5.41, 5.74) is 1.59. The molecule has 4 nitrogen and oxygen atoms in total. The number of benzene rings is 1. The van der Waals surface area contributed by atoms with E-state index < -0.39 is 0 Å². The van der Waals surface area contributed by atoms with Crippen LogP contribution in [0, 0.1) is 0 Å². The summed E-state index contributed by atoms with van der Waals surface area (Å²) in [4.78, 5) is 14.3. The Morgan fingerprint density at radius 1 is 1.43 bits per heavy atom. The number of H-pyrrole nitrogens is 1. The zero-order chi connectivity index (χ0) is 15.4. The van der Waals surface area contributed by atoms with Gasteiger partial charge in [-0.05, 0) is 24.5 Å². The summed E-state index contributed by atoms with van der Waals surface area (Å²) >= 11 is 1.33. The SMILES string of the molecule is C=CCc1cc(C/C=c2\sc(=C)[nH]c2=O)cc(OC)c1O. The Labute approximate surface area is 126 Å². The van der Waals surface area contributed by atoms with Crippen LogP contribution in [0.2, 0.25) is 0 Å². The summed E-state index contributed by atoms with van der Waals surface area (Å²) < 4.78 is 6.46.